The number of hydrogen-bond acceptors (Lipinski definition) is 3. The fourth-order valence-electron chi connectivity index (χ4n) is 2.40. The second-order valence-electron chi connectivity index (χ2n) is 5.19. The van der Waals surface area contributed by atoms with Crippen LogP contribution in [-0.2, 0) is 9.53 Å². The number of carbonyl (C=O) groups is 1. The molecule has 1 aliphatic rings. The molecule has 1 aliphatic heterocycles. The fraction of sp³-hybridized carbons (Fsp3) is 0.533. The summed E-state index contributed by atoms with van der Waals surface area (Å²) >= 11 is 0. The zero-order valence-electron chi connectivity index (χ0n) is 11.6. The Hall–Kier alpha value is -1.55. The van der Waals surface area contributed by atoms with Crippen LogP contribution in [0.25, 0.3) is 0 Å². The number of anilines is 1. The lowest BCUT2D eigenvalue weighted by atomic mass is 10.1. The van der Waals surface area contributed by atoms with Crippen molar-refractivity contribution in [1.82, 2.24) is 4.90 Å². The van der Waals surface area contributed by atoms with Crippen molar-refractivity contribution in [2.75, 3.05) is 19.4 Å². The highest BCUT2D eigenvalue weighted by molar-refractivity contribution is 5.77. The molecule has 2 rings (SSSR count). The van der Waals surface area contributed by atoms with Crippen LogP contribution in [0.15, 0.2) is 24.3 Å². The predicted octanol–water partition coefficient (Wildman–Crippen LogP) is 2.36. The molecule has 4 nitrogen and oxygen atoms in total. The molecule has 0 saturated carbocycles. The number of nitrogens with two attached hydrogens (primary N) is 1. The third-order valence-electron chi connectivity index (χ3n) is 3.79. The van der Waals surface area contributed by atoms with Gasteiger partial charge < -0.3 is 15.4 Å². The van der Waals surface area contributed by atoms with E-state index in [1.165, 1.54) is 0 Å². The summed E-state index contributed by atoms with van der Waals surface area (Å²) in [6.07, 6.45) is 2.63. The SMILES string of the molecule is CC(c1cccc(N)c1)N(C)C(=O)CC1CCCO1. The number of benzene rings is 1. The number of amides is 1. The minimum absolute atomic E-state index is 0.0254. The summed E-state index contributed by atoms with van der Waals surface area (Å²) in [5.41, 5.74) is 7.57. The number of carbonyl (C=O) groups excluding carboxylic acids is 1. The third kappa shape index (κ3) is 3.47. The van der Waals surface area contributed by atoms with E-state index in [1.54, 1.807) is 4.90 Å². The molecule has 19 heavy (non-hydrogen) atoms. The van der Waals surface area contributed by atoms with Gasteiger partial charge in [0.1, 0.15) is 0 Å². The first-order valence-corrected chi connectivity index (χ1v) is 6.80. The molecule has 0 bridgehead atoms. The zero-order chi connectivity index (χ0) is 13.8. The Morgan fingerprint density at radius 1 is 1.58 bits per heavy atom. The van der Waals surface area contributed by atoms with E-state index in [9.17, 15) is 4.79 Å². The van der Waals surface area contributed by atoms with Gasteiger partial charge in [0.05, 0.1) is 18.6 Å². The Kier molecular flexibility index (Phi) is 4.43. The van der Waals surface area contributed by atoms with Crippen molar-refractivity contribution < 1.29 is 9.53 Å². The molecule has 2 N–H and O–H groups in total. The highest BCUT2D eigenvalue weighted by Crippen LogP contribution is 2.23. The number of nitrogen functional groups attached to an aromatic ring is 1. The van der Waals surface area contributed by atoms with Crippen molar-refractivity contribution >= 4 is 11.6 Å². The van der Waals surface area contributed by atoms with Gasteiger partial charge in [0.2, 0.25) is 5.91 Å². The zero-order valence-corrected chi connectivity index (χ0v) is 11.6. The summed E-state index contributed by atoms with van der Waals surface area (Å²) in [5.74, 6) is 0.127. The van der Waals surface area contributed by atoms with E-state index in [1.807, 2.05) is 38.2 Å². The molecule has 0 spiro atoms. The molecule has 1 aromatic carbocycles. The van der Waals surface area contributed by atoms with Crippen molar-refractivity contribution in [3.63, 3.8) is 0 Å². The van der Waals surface area contributed by atoms with E-state index in [0.717, 1.165) is 30.7 Å². The van der Waals surface area contributed by atoms with Crippen molar-refractivity contribution in [3.05, 3.63) is 29.8 Å². The molecule has 1 saturated heterocycles. The Balaban J connectivity index is 1.97. The van der Waals surface area contributed by atoms with E-state index in [0.29, 0.717) is 6.42 Å². The summed E-state index contributed by atoms with van der Waals surface area (Å²) in [5, 5.41) is 0. The van der Waals surface area contributed by atoms with Gasteiger partial charge in [0.15, 0.2) is 0 Å². The van der Waals surface area contributed by atoms with Crippen LogP contribution in [0, 0.1) is 0 Å². The average Bonchev–Trinajstić information content (AvgIpc) is 2.89. The Bertz CT molecular complexity index is 442. The maximum atomic E-state index is 12.2. The molecule has 2 unspecified atom stereocenters. The maximum Gasteiger partial charge on any atom is 0.225 e. The second kappa shape index (κ2) is 6.06. The fourth-order valence-corrected chi connectivity index (χ4v) is 2.40. The van der Waals surface area contributed by atoms with Gasteiger partial charge >= 0.3 is 0 Å². The van der Waals surface area contributed by atoms with E-state index in [-0.39, 0.29) is 18.1 Å². The van der Waals surface area contributed by atoms with Gasteiger partial charge in [0, 0.05) is 19.3 Å². The van der Waals surface area contributed by atoms with Crippen LogP contribution in [0.3, 0.4) is 0 Å². The van der Waals surface area contributed by atoms with Crippen LogP contribution in [0.2, 0.25) is 0 Å². The van der Waals surface area contributed by atoms with Gasteiger partial charge in [-0.25, -0.2) is 0 Å². The molecule has 1 heterocycles. The molecule has 2 atom stereocenters. The Morgan fingerprint density at radius 2 is 2.37 bits per heavy atom. The van der Waals surface area contributed by atoms with Crippen molar-refractivity contribution in [2.24, 2.45) is 0 Å². The van der Waals surface area contributed by atoms with Gasteiger partial charge in [-0.2, -0.15) is 0 Å². The first-order chi connectivity index (χ1) is 9.08. The molecule has 4 heteroatoms. The van der Waals surface area contributed by atoms with Gasteiger partial charge in [-0.15, -0.1) is 0 Å². The van der Waals surface area contributed by atoms with Crippen molar-refractivity contribution in [1.29, 1.82) is 0 Å². The highest BCUT2D eigenvalue weighted by Gasteiger charge is 2.23. The van der Waals surface area contributed by atoms with Gasteiger partial charge in [-0.05, 0) is 37.5 Å². The largest absolute Gasteiger partial charge is 0.399 e. The molecule has 1 fully saturated rings. The maximum absolute atomic E-state index is 12.2. The van der Waals surface area contributed by atoms with E-state index in [4.69, 9.17) is 10.5 Å². The minimum Gasteiger partial charge on any atom is -0.399 e. The van der Waals surface area contributed by atoms with Gasteiger partial charge in [0.25, 0.3) is 0 Å². The average molecular weight is 262 g/mol. The summed E-state index contributed by atoms with van der Waals surface area (Å²) < 4.78 is 5.51. The Morgan fingerprint density at radius 3 is 3.00 bits per heavy atom. The third-order valence-corrected chi connectivity index (χ3v) is 3.79. The normalized spacial score (nSPS) is 20.2. The number of hydrogen-bond donors (Lipinski definition) is 1. The van der Waals surface area contributed by atoms with E-state index in [2.05, 4.69) is 0 Å². The summed E-state index contributed by atoms with van der Waals surface area (Å²) in [6, 6.07) is 7.71. The van der Waals surface area contributed by atoms with Gasteiger partial charge in [-0.1, -0.05) is 12.1 Å². The first kappa shape index (κ1) is 13.9. The number of rotatable bonds is 4. The van der Waals surface area contributed by atoms with Crippen LogP contribution in [-0.4, -0.2) is 30.6 Å². The van der Waals surface area contributed by atoms with Gasteiger partial charge in [-0.3, -0.25) is 4.79 Å². The lowest BCUT2D eigenvalue weighted by Gasteiger charge is -2.26. The summed E-state index contributed by atoms with van der Waals surface area (Å²) in [6.45, 7) is 2.80. The molecule has 104 valence electrons. The Labute approximate surface area is 114 Å². The van der Waals surface area contributed by atoms with Crippen LogP contribution in [0.4, 0.5) is 5.69 Å². The summed E-state index contributed by atoms with van der Waals surface area (Å²) in [4.78, 5) is 14.0. The van der Waals surface area contributed by atoms with Crippen molar-refractivity contribution in [2.45, 2.75) is 38.3 Å². The van der Waals surface area contributed by atoms with E-state index >= 15 is 0 Å². The predicted molar refractivity (Wildman–Crippen MR) is 75.6 cm³/mol. The first-order valence-electron chi connectivity index (χ1n) is 6.80. The number of nitrogens with zero attached hydrogens (tertiary/aromatic N) is 1. The molecular formula is C15H22N2O2. The standard InChI is InChI=1S/C15H22N2O2/c1-11(12-5-3-6-13(16)9-12)17(2)15(18)10-14-7-4-8-19-14/h3,5-6,9,11,14H,4,7-8,10,16H2,1-2H3. The van der Waals surface area contributed by atoms with E-state index < -0.39 is 0 Å². The molecule has 0 radical (unpaired) electrons. The van der Waals surface area contributed by atoms with Crippen LogP contribution < -0.4 is 5.73 Å². The molecule has 0 aromatic heterocycles. The van der Waals surface area contributed by atoms with Crippen LogP contribution in [0.5, 0.6) is 0 Å². The molecule has 1 aromatic rings. The monoisotopic (exact) mass is 262 g/mol. The molecule has 1 amide bonds. The second-order valence-corrected chi connectivity index (χ2v) is 5.19. The lowest BCUT2D eigenvalue weighted by Crippen LogP contribution is -2.32. The smallest absolute Gasteiger partial charge is 0.225 e. The molecular weight excluding hydrogens is 240 g/mol. The van der Waals surface area contributed by atoms with Crippen LogP contribution in [0.1, 0.15) is 37.8 Å². The highest BCUT2D eigenvalue weighted by atomic mass is 16.5. The lowest BCUT2D eigenvalue weighted by molar-refractivity contribution is -0.134. The topological polar surface area (TPSA) is 55.6 Å². The quantitative estimate of drug-likeness (QED) is 0.847. The molecule has 0 aliphatic carbocycles. The van der Waals surface area contributed by atoms with Crippen LogP contribution >= 0.6 is 0 Å². The number of ether oxygens (including phenoxy) is 1. The minimum atomic E-state index is 0.0254. The summed E-state index contributed by atoms with van der Waals surface area (Å²) in [7, 11) is 1.84. The van der Waals surface area contributed by atoms with Crippen molar-refractivity contribution in [3.8, 4) is 0 Å².